The third-order valence-corrected chi connectivity index (χ3v) is 4.75. The van der Waals surface area contributed by atoms with Crippen LogP contribution in [0.15, 0.2) is 46.3 Å². The first-order valence-electron chi connectivity index (χ1n) is 7.85. The summed E-state index contributed by atoms with van der Waals surface area (Å²) in [6, 6.07) is 11.2. The molecule has 0 saturated heterocycles. The van der Waals surface area contributed by atoms with Gasteiger partial charge in [-0.15, -0.1) is 11.3 Å². The maximum absolute atomic E-state index is 12.6. The Morgan fingerprint density at radius 3 is 2.84 bits per heavy atom. The largest absolute Gasteiger partial charge is 0.486 e. The lowest BCUT2D eigenvalue weighted by atomic mass is 10.1. The molecule has 6 nitrogen and oxygen atoms in total. The highest BCUT2D eigenvalue weighted by molar-refractivity contribution is 7.13. The lowest BCUT2D eigenvalue weighted by Gasteiger charge is -2.20. The van der Waals surface area contributed by atoms with Crippen LogP contribution in [0.25, 0.3) is 10.6 Å². The van der Waals surface area contributed by atoms with E-state index in [1.807, 2.05) is 35.7 Å². The van der Waals surface area contributed by atoms with E-state index in [4.69, 9.17) is 14.0 Å². The van der Waals surface area contributed by atoms with E-state index in [9.17, 15) is 4.79 Å². The van der Waals surface area contributed by atoms with Crippen molar-refractivity contribution in [1.82, 2.24) is 10.1 Å². The Hall–Kier alpha value is -2.80. The van der Waals surface area contributed by atoms with Crippen LogP contribution >= 0.6 is 11.3 Å². The van der Waals surface area contributed by atoms with Crippen LogP contribution in [-0.4, -0.2) is 36.2 Å². The number of rotatable bonds is 4. The first kappa shape index (κ1) is 15.7. The Bertz CT molecular complexity index is 888. The molecule has 1 amide bonds. The number of nitrogens with zero attached hydrogens (tertiary/aromatic N) is 2. The second-order valence-electron chi connectivity index (χ2n) is 5.69. The highest BCUT2D eigenvalue weighted by atomic mass is 32.1. The predicted octanol–water partition coefficient (Wildman–Crippen LogP) is 3.45. The fraction of sp³-hybridized carbons (Fsp3) is 0.222. The summed E-state index contributed by atoms with van der Waals surface area (Å²) in [5.41, 5.74) is 1.26. The van der Waals surface area contributed by atoms with Crippen molar-refractivity contribution in [3.63, 3.8) is 0 Å². The minimum Gasteiger partial charge on any atom is -0.486 e. The van der Waals surface area contributed by atoms with Gasteiger partial charge in [0.2, 0.25) is 0 Å². The zero-order chi connectivity index (χ0) is 17.2. The van der Waals surface area contributed by atoms with Gasteiger partial charge < -0.3 is 18.9 Å². The van der Waals surface area contributed by atoms with Crippen molar-refractivity contribution >= 4 is 17.2 Å². The van der Waals surface area contributed by atoms with Crippen molar-refractivity contribution in [2.24, 2.45) is 0 Å². The number of hydrogen-bond donors (Lipinski definition) is 0. The van der Waals surface area contributed by atoms with Crippen LogP contribution in [0.4, 0.5) is 0 Å². The summed E-state index contributed by atoms with van der Waals surface area (Å²) in [5, 5.41) is 5.85. The van der Waals surface area contributed by atoms with Crippen molar-refractivity contribution < 1.29 is 18.8 Å². The number of carbonyl (C=O) groups is 1. The summed E-state index contributed by atoms with van der Waals surface area (Å²) < 4.78 is 16.4. The van der Waals surface area contributed by atoms with E-state index in [0.717, 1.165) is 16.2 Å². The van der Waals surface area contributed by atoms with Crippen LogP contribution in [0, 0.1) is 0 Å². The van der Waals surface area contributed by atoms with Crippen LogP contribution in [0.1, 0.15) is 16.1 Å². The average Bonchev–Trinajstić information content (AvgIpc) is 3.32. The van der Waals surface area contributed by atoms with Gasteiger partial charge in [0, 0.05) is 19.7 Å². The fourth-order valence-electron chi connectivity index (χ4n) is 2.64. The molecule has 3 heterocycles. The molecule has 0 spiro atoms. The third kappa shape index (κ3) is 3.23. The molecule has 0 aliphatic carbocycles. The molecule has 0 saturated carbocycles. The predicted molar refractivity (Wildman–Crippen MR) is 93.0 cm³/mol. The summed E-state index contributed by atoms with van der Waals surface area (Å²) in [5.74, 6) is 1.86. The summed E-state index contributed by atoms with van der Waals surface area (Å²) in [6.07, 6.45) is 0. The zero-order valence-corrected chi connectivity index (χ0v) is 14.4. The smallest absolute Gasteiger partial charge is 0.276 e. The van der Waals surface area contributed by atoms with Crippen molar-refractivity contribution in [1.29, 1.82) is 0 Å². The van der Waals surface area contributed by atoms with Gasteiger partial charge in [-0.05, 0) is 29.1 Å². The molecule has 3 aromatic rings. The van der Waals surface area contributed by atoms with Crippen molar-refractivity contribution in [2.75, 3.05) is 20.3 Å². The molecule has 0 atom stereocenters. The fourth-order valence-corrected chi connectivity index (χ4v) is 3.31. The quantitative estimate of drug-likeness (QED) is 0.716. The molecule has 4 rings (SSSR count). The van der Waals surface area contributed by atoms with Gasteiger partial charge in [0.25, 0.3) is 5.91 Å². The van der Waals surface area contributed by atoms with Gasteiger partial charge in [-0.1, -0.05) is 17.3 Å². The van der Waals surface area contributed by atoms with Crippen molar-refractivity contribution in [3.05, 3.63) is 53.0 Å². The van der Waals surface area contributed by atoms with Gasteiger partial charge in [0.1, 0.15) is 13.2 Å². The van der Waals surface area contributed by atoms with Crippen molar-refractivity contribution in [3.8, 4) is 22.1 Å². The first-order valence-corrected chi connectivity index (χ1v) is 8.73. The maximum atomic E-state index is 12.6. The standard InChI is InChI=1S/C18H16N2O4S/c1-20(11-12-4-5-14-15(9-12)23-7-6-22-14)18(21)13-10-16(24-19-13)17-3-2-8-25-17/h2-5,8-10H,6-7,11H2,1H3. The molecule has 0 N–H and O–H groups in total. The summed E-state index contributed by atoms with van der Waals surface area (Å²) in [6.45, 7) is 1.54. The molecule has 2 aromatic heterocycles. The Balaban J connectivity index is 1.47. The Morgan fingerprint density at radius 2 is 2.04 bits per heavy atom. The van der Waals surface area contributed by atoms with E-state index in [1.165, 1.54) is 0 Å². The normalized spacial score (nSPS) is 12.8. The highest BCUT2D eigenvalue weighted by Gasteiger charge is 2.19. The van der Waals surface area contributed by atoms with Gasteiger partial charge >= 0.3 is 0 Å². The Kier molecular flexibility index (Phi) is 4.15. The molecular weight excluding hydrogens is 340 g/mol. The topological polar surface area (TPSA) is 64.8 Å². The highest BCUT2D eigenvalue weighted by Crippen LogP contribution is 2.31. The molecule has 0 radical (unpaired) electrons. The molecule has 1 aromatic carbocycles. The second-order valence-corrected chi connectivity index (χ2v) is 6.64. The number of amides is 1. The minimum absolute atomic E-state index is 0.193. The molecule has 1 aliphatic heterocycles. The molecule has 0 bridgehead atoms. The van der Waals surface area contributed by atoms with E-state index < -0.39 is 0 Å². The number of fused-ring (bicyclic) bond motifs is 1. The monoisotopic (exact) mass is 356 g/mol. The van der Waals surface area contributed by atoms with Gasteiger partial charge in [-0.2, -0.15) is 0 Å². The zero-order valence-electron chi connectivity index (χ0n) is 13.6. The summed E-state index contributed by atoms with van der Waals surface area (Å²) in [4.78, 5) is 15.1. The molecule has 128 valence electrons. The van der Waals surface area contributed by atoms with Crippen molar-refractivity contribution in [2.45, 2.75) is 6.54 Å². The van der Waals surface area contributed by atoms with Gasteiger partial charge in [-0.25, -0.2) is 0 Å². The SMILES string of the molecule is CN(Cc1ccc2c(c1)OCCO2)C(=O)c1cc(-c2cccs2)on1. The van der Waals surface area contributed by atoms with Crippen LogP contribution < -0.4 is 9.47 Å². The van der Waals surface area contributed by atoms with E-state index in [1.54, 1.807) is 29.4 Å². The van der Waals surface area contributed by atoms with E-state index in [2.05, 4.69) is 5.16 Å². The number of aromatic nitrogens is 1. The number of carbonyl (C=O) groups excluding carboxylic acids is 1. The second kappa shape index (κ2) is 6.60. The number of ether oxygens (including phenoxy) is 2. The van der Waals surface area contributed by atoms with Gasteiger partial charge in [0.15, 0.2) is 23.0 Å². The molecule has 0 unspecified atom stereocenters. The lowest BCUT2D eigenvalue weighted by Crippen LogP contribution is -2.26. The van der Waals surface area contributed by atoms with Gasteiger partial charge in [0.05, 0.1) is 4.88 Å². The van der Waals surface area contributed by atoms with E-state index in [0.29, 0.717) is 37.0 Å². The maximum Gasteiger partial charge on any atom is 0.276 e. The van der Waals surface area contributed by atoms with Crippen LogP contribution in [0.5, 0.6) is 11.5 Å². The Morgan fingerprint density at radius 1 is 1.20 bits per heavy atom. The molecule has 7 heteroatoms. The first-order chi connectivity index (χ1) is 12.2. The lowest BCUT2D eigenvalue weighted by molar-refractivity contribution is 0.0774. The Labute approximate surface area is 148 Å². The molecule has 0 fully saturated rings. The number of benzene rings is 1. The van der Waals surface area contributed by atoms with Crippen LogP contribution in [-0.2, 0) is 6.54 Å². The molecule has 25 heavy (non-hydrogen) atoms. The molecule has 1 aliphatic rings. The number of hydrogen-bond acceptors (Lipinski definition) is 6. The van der Waals surface area contributed by atoms with E-state index >= 15 is 0 Å². The summed E-state index contributed by atoms with van der Waals surface area (Å²) in [7, 11) is 1.73. The van der Waals surface area contributed by atoms with E-state index in [-0.39, 0.29) is 5.91 Å². The van der Waals surface area contributed by atoms with Crippen LogP contribution in [0.2, 0.25) is 0 Å². The number of thiophene rings is 1. The van der Waals surface area contributed by atoms with Gasteiger partial charge in [-0.3, -0.25) is 4.79 Å². The molecular formula is C18H16N2O4S. The average molecular weight is 356 g/mol. The third-order valence-electron chi connectivity index (χ3n) is 3.87. The summed E-state index contributed by atoms with van der Waals surface area (Å²) >= 11 is 1.54. The van der Waals surface area contributed by atoms with Crippen LogP contribution in [0.3, 0.4) is 0 Å². The minimum atomic E-state index is -0.193.